The molecule has 2 unspecified atom stereocenters. The predicted octanol–water partition coefficient (Wildman–Crippen LogP) is 2.22. The molecule has 3 N–H and O–H groups in total. The smallest absolute Gasteiger partial charge is 0.0273 e. The zero-order valence-electron chi connectivity index (χ0n) is 8.56. The van der Waals surface area contributed by atoms with E-state index in [-0.39, 0.29) is 0 Å². The molecule has 12 heavy (non-hydrogen) atoms. The standard InChI is InChI=1S/C10H22N2/c1-5-6-9(4)10(12-11)7-8(2)3/h9-10,12H,2,5-7,11H2,1,3-4H3. The van der Waals surface area contributed by atoms with Crippen LogP contribution in [-0.2, 0) is 0 Å². The SMILES string of the molecule is C=C(C)CC(NN)C(C)CCC. The fourth-order valence-corrected chi connectivity index (χ4v) is 1.46. The molecule has 0 saturated heterocycles. The van der Waals surface area contributed by atoms with E-state index in [2.05, 4.69) is 25.9 Å². The summed E-state index contributed by atoms with van der Waals surface area (Å²) in [4.78, 5) is 0. The van der Waals surface area contributed by atoms with E-state index in [1.807, 2.05) is 6.92 Å². The highest BCUT2D eigenvalue weighted by molar-refractivity contribution is 4.93. The van der Waals surface area contributed by atoms with Crippen molar-refractivity contribution in [2.24, 2.45) is 11.8 Å². The molecule has 2 nitrogen and oxygen atoms in total. The molecule has 0 aliphatic rings. The summed E-state index contributed by atoms with van der Waals surface area (Å²) in [5, 5.41) is 0. The van der Waals surface area contributed by atoms with Gasteiger partial charge in [-0.2, -0.15) is 0 Å². The van der Waals surface area contributed by atoms with Gasteiger partial charge in [-0.05, 0) is 25.7 Å². The Morgan fingerprint density at radius 1 is 1.58 bits per heavy atom. The quantitative estimate of drug-likeness (QED) is 0.364. The molecule has 0 aliphatic carbocycles. The van der Waals surface area contributed by atoms with Crippen LogP contribution in [0.5, 0.6) is 0 Å². The molecule has 0 aromatic carbocycles. The van der Waals surface area contributed by atoms with Crippen LogP contribution in [0.15, 0.2) is 12.2 Å². The van der Waals surface area contributed by atoms with E-state index in [9.17, 15) is 0 Å². The first kappa shape index (κ1) is 11.7. The van der Waals surface area contributed by atoms with E-state index in [0.717, 1.165) is 6.42 Å². The zero-order chi connectivity index (χ0) is 9.56. The first-order valence-corrected chi connectivity index (χ1v) is 4.72. The van der Waals surface area contributed by atoms with Gasteiger partial charge >= 0.3 is 0 Å². The third-order valence-electron chi connectivity index (χ3n) is 2.21. The van der Waals surface area contributed by atoms with Crippen LogP contribution in [0.1, 0.15) is 40.0 Å². The molecule has 72 valence electrons. The number of nitrogens with one attached hydrogen (secondary N) is 1. The Balaban J connectivity index is 3.86. The molecule has 0 amide bonds. The summed E-state index contributed by atoms with van der Waals surface area (Å²) >= 11 is 0. The predicted molar refractivity (Wildman–Crippen MR) is 54.6 cm³/mol. The van der Waals surface area contributed by atoms with E-state index in [1.54, 1.807) is 0 Å². The average Bonchev–Trinajstić information content (AvgIpc) is 2.00. The lowest BCUT2D eigenvalue weighted by atomic mass is 9.93. The molecule has 0 aromatic heterocycles. The van der Waals surface area contributed by atoms with Crippen LogP contribution in [0.25, 0.3) is 0 Å². The molecule has 0 bridgehead atoms. The Hall–Kier alpha value is -0.340. The van der Waals surface area contributed by atoms with E-state index >= 15 is 0 Å². The minimum absolute atomic E-state index is 0.391. The van der Waals surface area contributed by atoms with E-state index in [0.29, 0.717) is 12.0 Å². The minimum Gasteiger partial charge on any atom is -0.271 e. The summed E-state index contributed by atoms with van der Waals surface area (Å²) in [6.45, 7) is 10.4. The molecule has 0 fully saturated rings. The Morgan fingerprint density at radius 2 is 2.17 bits per heavy atom. The topological polar surface area (TPSA) is 38.0 Å². The highest BCUT2D eigenvalue weighted by Gasteiger charge is 2.14. The summed E-state index contributed by atoms with van der Waals surface area (Å²) in [6, 6.07) is 0.391. The van der Waals surface area contributed by atoms with Gasteiger partial charge in [-0.3, -0.25) is 11.3 Å². The van der Waals surface area contributed by atoms with Gasteiger partial charge in [-0.1, -0.05) is 25.8 Å². The van der Waals surface area contributed by atoms with Gasteiger partial charge in [-0.15, -0.1) is 6.58 Å². The van der Waals surface area contributed by atoms with E-state index in [4.69, 9.17) is 5.84 Å². The summed E-state index contributed by atoms with van der Waals surface area (Å²) in [5.41, 5.74) is 4.05. The fourth-order valence-electron chi connectivity index (χ4n) is 1.46. The molecule has 0 saturated carbocycles. The Bertz CT molecular complexity index is 132. The molecule has 0 aliphatic heterocycles. The molecule has 0 heterocycles. The molecule has 0 rings (SSSR count). The Morgan fingerprint density at radius 3 is 2.50 bits per heavy atom. The molecular formula is C10H22N2. The van der Waals surface area contributed by atoms with Gasteiger partial charge in [-0.25, -0.2) is 0 Å². The third-order valence-corrected chi connectivity index (χ3v) is 2.21. The number of rotatable bonds is 6. The molecule has 0 aromatic rings. The zero-order valence-corrected chi connectivity index (χ0v) is 8.56. The van der Waals surface area contributed by atoms with Crippen molar-refractivity contribution in [1.29, 1.82) is 0 Å². The van der Waals surface area contributed by atoms with Crippen LogP contribution in [0.2, 0.25) is 0 Å². The van der Waals surface area contributed by atoms with Crippen molar-refractivity contribution in [2.45, 2.75) is 46.1 Å². The van der Waals surface area contributed by atoms with Crippen molar-refractivity contribution in [3.8, 4) is 0 Å². The van der Waals surface area contributed by atoms with Gasteiger partial charge in [0.2, 0.25) is 0 Å². The maximum absolute atomic E-state index is 5.46. The van der Waals surface area contributed by atoms with Crippen LogP contribution in [0, 0.1) is 5.92 Å². The van der Waals surface area contributed by atoms with Gasteiger partial charge in [0.25, 0.3) is 0 Å². The summed E-state index contributed by atoms with van der Waals surface area (Å²) in [7, 11) is 0. The second-order valence-electron chi connectivity index (χ2n) is 3.70. The second kappa shape index (κ2) is 6.21. The first-order valence-electron chi connectivity index (χ1n) is 4.72. The maximum atomic E-state index is 5.46. The summed E-state index contributed by atoms with van der Waals surface area (Å²) in [5.74, 6) is 6.10. The summed E-state index contributed by atoms with van der Waals surface area (Å²) < 4.78 is 0. The molecule has 2 heteroatoms. The van der Waals surface area contributed by atoms with Crippen LogP contribution in [0.3, 0.4) is 0 Å². The second-order valence-corrected chi connectivity index (χ2v) is 3.70. The van der Waals surface area contributed by atoms with Crippen LogP contribution in [0.4, 0.5) is 0 Å². The van der Waals surface area contributed by atoms with Gasteiger partial charge in [0, 0.05) is 6.04 Å². The highest BCUT2D eigenvalue weighted by Crippen LogP contribution is 2.15. The number of hydrogen-bond acceptors (Lipinski definition) is 2. The maximum Gasteiger partial charge on any atom is 0.0273 e. The molecule has 0 spiro atoms. The molecule has 2 atom stereocenters. The molecular weight excluding hydrogens is 148 g/mol. The number of hydrazine groups is 1. The van der Waals surface area contributed by atoms with Crippen molar-refractivity contribution in [3.05, 3.63) is 12.2 Å². The van der Waals surface area contributed by atoms with Gasteiger partial charge in [0.1, 0.15) is 0 Å². The van der Waals surface area contributed by atoms with Crippen molar-refractivity contribution in [3.63, 3.8) is 0 Å². The first-order chi connectivity index (χ1) is 5.61. The molecule has 0 radical (unpaired) electrons. The van der Waals surface area contributed by atoms with Gasteiger partial charge in [0.05, 0.1) is 0 Å². The van der Waals surface area contributed by atoms with Crippen molar-refractivity contribution < 1.29 is 0 Å². The number of hydrogen-bond donors (Lipinski definition) is 2. The van der Waals surface area contributed by atoms with Gasteiger partial charge < -0.3 is 0 Å². The van der Waals surface area contributed by atoms with Crippen LogP contribution >= 0.6 is 0 Å². The lowest BCUT2D eigenvalue weighted by molar-refractivity contribution is 0.356. The lowest BCUT2D eigenvalue weighted by Crippen LogP contribution is -2.40. The monoisotopic (exact) mass is 170 g/mol. The van der Waals surface area contributed by atoms with Crippen LogP contribution < -0.4 is 11.3 Å². The summed E-state index contributed by atoms with van der Waals surface area (Å²) in [6.07, 6.45) is 3.43. The highest BCUT2D eigenvalue weighted by atomic mass is 15.2. The van der Waals surface area contributed by atoms with Crippen molar-refractivity contribution in [1.82, 2.24) is 5.43 Å². The third kappa shape index (κ3) is 4.52. The van der Waals surface area contributed by atoms with Crippen molar-refractivity contribution >= 4 is 0 Å². The largest absolute Gasteiger partial charge is 0.271 e. The Labute approximate surface area is 76.2 Å². The van der Waals surface area contributed by atoms with Crippen LogP contribution in [-0.4, -0.2) is 6.04 Å². The Kier molecular flexibility index (Phi) is 6.03. The lowest BCUT2D eigenvalue weighted by Gasteiger charge is -2.22. The fraction of sp³-hybridized carbons (Fsp3) is 0.800. The normalized spacial score (nSPS) is 15.7. The number of nitrogens with two attached hydrogens (primary N) is 1. The van der Waals surface area contributed by atoms with Crippen molar-refractivity contribution in [2.75, 3.05) is 0 Å². The van der Waals surface area contributed by atoms with E-state index < -0.39 is 0 Å². The van der Waals surface area contributed by atoms with Gasteiger partial charge in [0.15, 0.2) is 0 Å². The minimum atomic E-state index is 0.391. The average molecular weight is 170 g/mol. The van der Waals surface area contributed by atoms with E-state index in [1.165, 1.54) is 18.4 Å².